The summed E-state index contributed by atoms with van der Waals surface area (Å²) in [4.78, 5) is 0.0337. The molecule has 5 heteroatoms. The van der Waals surface area contributed by atoms with E-state index in [1.54, 1.807) is 0 Å². The van der Waals surface area contributed by atoms with E-state index in [0.29, 0.717) is 13.2 Å². The largest absolute Gasteiger partial charge is 0.486 e. The van der Waals surface area contributed by atoms with E-state index in [0.717, 1.165) is 32.1 Å². The van der Waals surface area contributed by atoms with Crippen molar-refractivity contribution in [2.75, 3.05) is 13.2 Å². The maximum Gasteiger partial charge on any atom is 0.162 e. The Bertz CT molecular complexity index is 646. The predicted molar refractivity (Wildman–Crippen MR) is 87.4 cm³/mol. The Morgan fingerprint density at radius 2 is 1.75 bits per heavy atom. The second kappa shape index (κ2) is 5.96. The molecule has 0 amide bonds. The molecule has 1 unspecified atom stereocenters. The molecule has 3 rings (SSSR count). The molecule has 2 aromatic carbocycles. The van der Waals surface area contributed by atoms with Crippen LogP contribution in [0.4, 0.5) is 0 Å². The summed E-state index contributed by atoms with van der Waals surface area (Å²) in [5.74, 6) is 1.55. The van der Waals surface area contributed by atoms with E-state index in [4.69, 9.17) is 21.1 Å². The van der Waals surface area contributed by atoms with Crippen molar-refractivity contribution >= 4 is 43.5 Å². The highest BCUT2D eigenvalue weighted by Crippen LogP contribution is 2.42. The van der Waals surface area contributed by atoms with Gasteiger partial charge in [0.25, 0.3) is 0 Å². The molecular formula is C15H11Br2ClO2. The number of alkyl halides is 1. The minimum Gasteiger partial charge on any atom is -0.486 e. The van der Waals surface area contributed by atoms with Crippen LogP contribution in [0.15, 0.2) is 40.9 Å². The summed E-state index contributed by atoms with van der Waals surface area (Å²) in [6.45, 7) is 1.17. The van der Waals surface area contributed by atoms with Crippen molar-refractivity contribution in [1.29, 1.82) is 0 Å². The van der Waals surface area contributed by atoms with Gasteiger partial charge in [-0.2, -0.15) is 0 Å². The Morgan fingerprint density at radius 3 is 2.45 bits per heavy atom. The van der Waals surface area contributed by atoms with E-state index in [-0.39, 0.29) is 4.83 Å². The van der Waals surface area contributed by atoms with Crippen LogP contribution in [0.5, 0.6) is 11.5 Å². The zero-order valence-corrected chi connectivity index (χ0v) is 14.3. The molecule has 0 bridgehead atoms. The van der Waals surface area contributed by atoms with Crippen LogP contribution in [-0.2, 0) is 0 Å². The molecule has 0 saturated carbocycles. The molecule has 1 atom stereocenters. The lowest BCUT2D eigenvalue weighted by Gasteiger charge is -2.21. The first-order chi connectivity index (χ1) is 9.65. The van der Waals surface area contributed by atoms with Crippen molar-refractivity contribution in [3.63, 3.8) is 0 Å². The normalized spacial score (nSPS) is 14.9. The first kappa shape index (κ1) is 14.2. The second-order valence-electron chi connectivity index (χ2n) is 4.43. The lowest BCUT2D eigenvalue weighted by Crippen LogP contribution is -2.15. The average Bonchev–Trinajstić information content (AvgIpc) is 2.46. The number of ether oxygens (including phenoxy) is 2. The van der Waals surface area contributed by atoms with E-state index >= 15 is 0 Å². The van der Waals surface area contributed by atoms with Crippen molar-refractivity contribution in [1.82, 2.24) is 0 Å². The number of benzene rings is 2. The summed E-state index contributed by atoms with van der Waals surface area (Å²) in [6.07, 6.45) is 0. The highest BCUT2D eigenvalue weighted by Gasteiger charge is 2.20. The third-order valence-electron chi connectivity index (χ3n) is 3.08. The molecule has 0 spiro atoms. The van der Waals surface area contributed by atoms with E-state index in [1.807, 2.05) is 36.4 Å². The Kier molecular flexibility index (Phi) is 4.24. The van der Waals surface area contributed by atoms with Crippen LogP contribution < -0.4 is 9.47 Å². The fourth-order valence-corrected chi connectivity index (χ4v) is 3.84. The Balaban J connectivity index is 2.01. The van der Waals surface area contributed by atoms with Gasteiger partial charge in [-0.05, 0) is 35.4 Å². The molecule has 0 saturated heterocycles. The van der Waals surface area contributed by atoms with Crippen molar-refractivity contribution in [2.24, 2.45) is 0 Å². The number of halogens is 3. The second-order valence-corrected chi connectivity index (χ2v) is 6.64. The molecule has 1 aliphatic rings. The highest BCUT2D eigenvalue weighted by molar-refractivity contribution is 9.11. The molecule has 2 aromatic rings. The van der Waals surface area contributed by atoms with Gasteiger partial charge in [-0.3, -0.25) is 0 Å². The van der Waals surface area contributed by atoms with Gasteiger partial charge in [0.05, 0.1) is 4.83 Å². The Morgan fingerprint density at radius 1 is 1.05 bits per heavy atom. The van der Waals surface area contributed by atoms with Crippen molar-refractivity contribution < 1.29 is 9.47 Å². The first-order valence-corrected chi connectivity index (χ1v) is 8.22. The van der Waals surface area contributed by atoms with Crippen LogP contribution in [0, 0.1) is 0 Å². The van der Waals surface area contributed by atoms with Crippen molar-refractivity contribution in [2.45, 2.75) is 4.83 Å². The molecule has 2 nitrogen and oxygen atoms in total. The standard InChI is InChI=1S/C15H11Br2ClO2/c16-12-8-14-13(19-4-5-20-14)7-11(12)15(17)9-2-1-3-10(18)6-9/h1-3,6-8,15H,4-5H2. The molecule has 20 heavy (non-hydrogen) atoms. The summed E-state index contributed by atoms with van der Waals surface area (Å²) < 4.78 is 12.2. The van der Waals surface area contributed by atoms with E-state index in [1.165, 1.54) is 0 Å². The average molecular weight is 419 g/mol. The monoisotopic (exact) mass is 416 g/mol. The SMILES string of the molecule is Clc1cccc(C(Br)c2cc3c(cc2Br)OCCO3)c1. The van der Waals surface area contributed by atoms with Gasteiger partial charge in [-0.25, -0.2) is 0 Å². The van der Waals surface area contributed by atoms with Crippen LogP contribution in [0.1, 0.15) is 16.0 Å². The van der Waals surface area contributed by atoms with Gasteiger partial charge in [0, 0.05) is 9.50 Å². The van der Waals surface area contributed by atoms with Gasteiger partial charge < -0.3 is 9.47 Å². The molecule has 104 valence electrons. The molecule has 0 fully saturated rings. The summed E-state index contributed by atoms with van der Waals surface area (Å²) in [6, 6.07) is 11.7. The molecule has 0 aliphatic carbocycles. The first-order valence-electron chi connectivity index (χ1n) is 6.14. The smallest absolute Gasteiger partial charge is 0.162 e. The van der Waals surface area contributed by atoms with E-state index < -0.39 is 0 Å². The van der Waals surface area contributed by atoms with Gasteiger partial charge in [0.1, 0.15) is 13.2 Å². The third kappa shape index (κ3) is 2.83. The summed E-state index contributed by atoms with van der Waals surface area (Å²) in [5, 5.41) is 0.723. The Hall–Kier alpha value is -0.710. The van der Waals surface area contributed by atoms with Crippen LogP contribution in [0.2, 0.25) is 5.02 Å². The molecule has 1 aliphatic heterocycles. The van der Waals surface area contributed by atoms with Gasteiger partial charge >= 0.3 is 0 Å². The molecule has 1 heterocycles. The fourth-order valence-electron chi connectivity index (χ4n) is 2.12. The predicted octanol–water partition coefficient (Wildman–Crippen LogP) is 5.36. The van der Waals surface area contributed by atoms with E-state index in [2.05, 4.69) is 31.9 Å². The summed E-state index contributed by atoms with van der Waals surface area (Å²) in [5.41, 5.74) is 2.17. The van der Waals surface area contributed by atoms with Crippen molar-refractivity contribution in [3.05, 3.63) is 57.0 Å². The maximum absolute atomic E-state index is 6.05. The topological polar surface area (TPSA) is 18.5 Å². The Labute approximate surface area is 139 Å². The van der Waals surface area contributed by atoms with Crippen LogP contribution >= 0.6 is 43.5 Å². The van der Waals surface area contributed by atoms with Crippen LogP contribution in [-0.4, -0.2) is 13.2 Å². The van der Waals surface area contributed by atoms with Crippen LogP contribution in [0.3, 0.4) is 0 Å². The number of hydrogen-bond donors (Lipinski definition) is 0. The lowest BCUT2D eigenvalue weighted by atomic mass is 10.0. The molecule has 0 aromatic heterocycles. The summed E-state index contributed by atoms with van der Waals surface area (Å²) in [7, 11) is 0. The van der Waals surface area contributed by atoms with Gasteiger partial charge in [-0.15, -0.1) is 0 Å². The molecule has 0 N–H and O–H groups in total. The quantitative estimate of drug-likeness (QED) is 0.612. The van der Waals surface area contributed by atoms with Crippen molar-refractivity contribution in [3.8, 4) is 11.5 Å². The lowest BCUT2D eigenvalue weighted by molar-refractivity contribution is 0.171. The third-order valence-corrected chi connectivity index (χ3v) is 5.02. The minimum atomic E-state index is 0.0337. The zero-order valence-electron chi connectivity index (χ0n) is 10.4. The van der Waals surface area contributed by atoms with Gasteiger partial charge in [-0.1, -0.05) is 55.6 Å². The number of rotatable bonds is 2. The number of fused-ring (bicyclic) bond motifs is 1. The highest BCUT2D eigenvalue weighted by atomic mass is 79.9. The number of hydrogen-bond acceptors (Lipinski definition) is 2. The molecular weight excluding hydrogens is 407 g/mol. The molecule has 0 radical (unpaired) electrons. The van der Waals surface area contributed by atoms with Crippen LogP contribution in [0.25, 0.3) is 0 Å². The fraction of sp³-hybridized carbons (Fsp3) is 0.200. The van der Waals surface area contributed by atoms with E-state index in [9.17, 15) is 0 Å². The summed E-state index contributed by atoms with van der Waals surface area (Å²) >= 11 is 13.4. The zero-order chi connectivity index (χ0) is 14.1. The van der Waals surface area contributed by atoms with Gasteiger partial charge in [0.15, 0.2) is 11.5 Å². The minimum absolute atomic E-state index is 0.0337. The van der Waals surface area contributed by atoms with Gasteiger partial charge in [0.2, 0.25) is 0 Å². The maximum atomic E-state index is 6.05.